The lowest BCUT2D eigenvalue weighted by molar-refractivity contribution is -0.139. The van der Waals surface area contributed by atoms with Gasteiger partial charge in [0.15, 0.2) is 0 Å². The van der Waals surface area contributed by atoms with Crippen molar-refractivity contribution in [2.45, 2.75) is 37.6 Å². The van der Waals surface area contributed by atoms with Gasteiger partial charge in [-0.2, -0.15) is 4.72 Å². The molecule has 1 aromatic carbocycles. The number of carbonyl (C=O) groups is 1. The molecule has 0 radical (unpaired) electrons. The van der Waals surface area contributed by atoms with E-state index in [0.717, 1.165) is 12.1 Å². The molecule has 0 fully saturated rings. The highest BCUT2D eigenvalue weighted by molar-refractivity contribution is 7.89. The molecule has 0 heterocycles. The van der Waals surface area contributed by atoms with Crippen LogP contribution in [0.25, 0.3) is 0 Å². The molecule has 6 nitrogen and oxygen atoms in total. The fraction of sp³-hybridized carbons (Fsp3) is 0.500. The quantitative estimate of drug-likeness (QED) is 0.711. The number of ether oxygens (including phenoxy) is 1. The standard InChI is InChI=1S/C14H19F2NO5S/c1-9(2)7-12(14(18)19)17-23(20,21)11-5-3-10(4-6-11)22-8-13(15)16/h3-6,9,12-13,17H,7-8H2,1-2H3,(H,18,19). The van der Waals surface area contributed by atoms with Gasteiger partial charge in [0, 0.05) is 0 Å². The molecule has 130 valence electrons. The summed E-state index contributed by atoms with van der Waals surface area (Å²) in [5.41, 5.74) is 0. The van der Waals surface area contributed by atoms with Gasteiger partial charge in [-0.1, -0.05) is 13.8 Å². The summed E-state index contributed by atoms with van der Waals surface area (Å²) in [6, 6.07) is 3.55. The average Bonchev–Trinajstić information content (AvgIpc) is 2.44. The Labute approximate surface area is 133 Å². The summed E-state index contributed by atoms with van der Waals surface area (Å²) in [7, 11) is -4.03. The number of carboxylic acids is 1. The number of alkyl halides is 2. The Hall–Kier alpha value is -1.74. The maximum Gasteiger partial charge on any atom is 0.321 e. The molecule has 0 spiro atoms. The monoisotopic (exact) mass is 351 g/mol. The molecule has 1 atom stereocenters. The minimum Gasteiger partial charge on any atom is -0.488 e. The predicted molar refractivity (Wildman–Crippen MR) is 79.1 cm³/mol. The van der Waals surface area contributed by atoms with E-state index in [-0.39, 0.29) is 23.0 Å². The second-order valence-electron chi connectivity index (χ2n) is 5.32. The van der Waals surface area contributed by atoms with E-state index in [4.69, 9.17) is 9.84 Å². The van der Waals surface area contributed by atoms with Gasteiger partial charge in [0.25, 0.3) is 6.43 Å². The molecule has 0 aliphatic rings. The Morgan fingerprint density at radius 1 is 1.26 bits per heavy atom. The van der Waals surface area contributed by atoms with Crippen LogP contribution < -0.4 is 9.46 Å². The number of nitrogens with one attached hydrogen (secondary N) is 1. The largest absolute Gasteiger partial charge is 0.488 e. The zero-order valence-corrected chi connectivity index (χ0v) is 13.5. The smallest absolute Gasteiger partial charge is 0.321 e. The van der Waals surface area contributed by atoms with Crippen LogP contribution in [-0.4, -0.2) is 38.6 Å². The van der Waals surface area contributed by atoms with Crippen LogP contribution in [0, 0.1) is 5.92 Å². The van der Waals surface area contributed by atoms with Gasteiger partial charge in [0.2, 0.25) is 10.0 Å². The second kappa shape index (κ2) is 8.21. The van der Waals surface area contributed by atoms with E-state index in [2.05, 4.69) is 4.72 Å². The van der Waals surface area contributed by atoms with Crippen LogP contribution in [0.4, 0.5) is 8.78 Å². The molecular formula is C14H19F2NO5S. The van der Waals surface area contributed by atoms with Gasteiger partial charge in [-0.15, -0.1) is 0 Å². The summed E-state index contributed by atoms with van der Waals surface area (Å²) in [5.74, 6) is -1.18. The lowest BCUT2D eigenvalue weighted by Gasteiger charge is -2.16. The summed E-state index contributed by atoms with van der Waals surface area (Å²) < 4.78 is 55.3. The Morgan fingerprint density at radius 2 is 1.83 bits per heavy atom. The maximum absolute atomic E-state index is 12.2. The Morgan fingerprint density at radius 3 is 2.26 bits per heavy atom. The normalized spacial score (nSPS) is 13.3. The zero-order chi connectivity index (χ0) is 17.6. The van der Waals surface area contributed by atoms with Crippen LogP contribution in [0.2, 0.25) is 0 Å². The highest BCUT2D eigenvalue weighted by Gasteiger charge is 2.26. The van der Waals surface area contributed by atoms with Crippen LogP contribution in [0.1, 0.15) is 20.3 Å². The summed E-state index contributed by atoms with van der Waals surface area (Å²) in [6.45, 7) is 2.76. The second-order valence-corrected chi connectivity index (χ2v) is 7.03. The molecule has 1 unspecified atom stereocenters. The molecule has 0 amide bonds. The van der Waals surface area contributed by atoms with E-state index in [0.29, 0.717) is 0 Å². The summed E-state index contributed by atoms with van der Waals surface area (Å²) >= 11 is 0. The zero-order valence-electron chi connectivity index (χ0n) is 12.7. The van der Waals surface area contributed by atoms with E-state index < -0.39 is 35.1 Å². The molecule has 0 aliphatic heterocycles. The SMILES string of the molecule is CC(C)CC(NS(=O)(=O)c1ccc(OCC(F)F)cc1)C(=O)O. The van der Waals surface area contributed by atoms with Crippen molar-refractivity contribution in [2.75, 3.05) is 6.61 Å². The third kappa shape index (κ3) is 6.49. The Bertz CT molecular complexity index is 617. The third-order valence-electron chi connectivity index (χ3n) is 2.81. The molecule has 2 N–H and O–H groups in total. The molecule has 1 aromatic rings. The first-order chi connectivity index (χ1) is 10.6. The molecule has 0 aromatic heterocycles. The van der Waals surface area contributed by atoms with Gasteiger partial charge in [0.1, 0.15) is 18.4 Å². The maximum atomic E-state index is 12.2. The molecule has 0 saturated heterocycles. The molecule has 0 bridgehead atoms. The summed E-state index contributed by atoms with van der Waals surface area (Å²) in [5, 5.41) is 9.08. The first-order valence-corrected chi connectivity index (χ1v) is 8.36. The van der Waals surface area contributed by atoms with Crippen molar-refractivity contribution < 1.29 is 31.8 Å². The molecular weight excluding hydrogens is 332 g/mol. The van der Waals surface area contributed by atoms with Gasteiger partial charge in [0.05, 0.1) is 4.90 Å². The number of sulfonamides is 1. The van der Waals surface area contributed by atoms with E-state index in [1.165, 1.54) is 12.1 Å². The molecule has 23 heavy (non-hydrogen) atoms. The number of aliphatic carboxylic acids is 1. The molecule has 1 rings (SSSR count). The lowest BCUT2D eigenvalue weighted by Crippen LogP contribution is -2.41. The summed E-state index contributed by atoms with van der Waals surface area (Å²) in [4.78, 5) is 11.0. The van der Waals surface area contributed by atoms with E-state index in [1.54, 1.807) is 13.8 Å². The van der Waals surface area contributed by atoms with Crippen LogP contribution in [0.15, 0.2) is 29.2 Å². The summed E-state index contributed by atoms with van der Waals surface area (Å²) in [6.07, 6.45) is -2.49. The highest BCUT2D eigenvalue weighted by Crippen LogP contribution is 2.17. The number of rotatable bonds is 9. The van der Waals surface area contributed by atoms with Crippen molar-refractivity contribution in [2.24, 2.45) is 5.92 Å². The van der Waals surface area contributed by atoms with Crippen LogP contribution in [-0.2, 0) is 14.8 Å². The van der Waals surface area contributed by atoms with Crippen LogP contribution in [0.5, 0.6) is 5.75 Å². The minimum atomic E-state index is -4.03. The van der Waals surface area contributed by atoms with Crippen molar-refractivity contribution in [1.29, 1.82) is 0 Å². The average molecular weight is 351 g/mol. The van der Waals surface area contributed by atoms with Crippen molar-refractivity contribution in [3.8, 4) is 5.75 Å². The van der Waals surface area contributed by atoms with E-state index in [9.17, 15) is 22.0 Å². The fourth-order valence-electron chi connectivity index (χ4n) is 1.80. The van der Waals surface area contributed by atoms with E-state index in [1.807, 2.05) is 0 Å². The van der Waals surface area contributed by atoms with Crippen molar-refractivity contribution in [3.63, 3.8) is 0 Å². The highest BCUT2D eigenvalue weighted by atomic mass is 32.2. The topological polar surface area (TPSA) is 92.7 Å². The number of hydrogen-bond acceptors (Lipinski definition) is 4. The van der Waals surface area contributed by atoms with Crippen molar-refractivity contribution in [1.82, 2.24) is 4.72 Å². The van der Waals surface area contributed by atoms with E-state index >= 15 is 0 Å². The number of halogens is 2. The number of hydrogen-bond donors (Lipinski definition) is 2. The number of carboxylic acid groups (broad SMARTS) is 1. The molecule has 0 saturated carbocycles. The number of benzene rings is 1. The molecule has 0 aliphatic carbocycles. The Kier molecular flexibility index (Phi) is 6.89. The van der Waals surface area contributed by atoms with Gasteiger partial charge < -0.3 is 9.84 Å². The first-order valence-electron chi connectivity index (χ1n) is 6.88. The molecule has 9 heteroatoms. The van der Waals surface area contributed by atoms with Gasteiger partial charge in [-0.3, -0.25) is 4.79 Å². The third-order valence-corrected chi connectivity index (χ3v) is 4.30. The van der Waals surface area contributed by atoms with Gasteiger partial charge in [-0.05, 0) is 36.6 Å². The van der Waals surface area contributed by atoms with Crippen molar-refractivity contribution in [3.05, 3.63) is 24.3 Å². The Balaban J connectivity index is 2.84. The van der Waals surface area contributed by atoms with Crippen LogP contribution >= 0.6 is 0 Å². The lowest BCUT2D eigenvalue weighted by atomic mass is 10.1. The van der Waals surface area contributed by atoms with Gasteiger partial charge in [-0.25, -0.2) is 17.2 Å². The van der Waals surface area contributed by atoms with Crippen LogP contribution in [0.3, 0.4) is 0 Å². The first kappa shape index (κ1) is 19.3. The fourth-order valence-corrected chi connectivity index (χ4v) is 3.00. The minimum absolute atomic E-state index is 0.0103. The van der Waals surface area contributed by atoms with Gasteiger partial charge >= 0.3 is 5.97 Å². The predicted octanol–water partition coefficient (Wildman–Crippen LogP) is 2.11. The van der Waals surface area contributed by atoms with Crippen molar-refractivity contribution >= 4 is 16.0 Å².